The number of hydrogen-bond donors (Lipinski definition) is 0. The summed E-state index contributed by atoms with van der Waals surface area (Å²) in [5.74, 6) is 2.06. The fraction of sp³-hybridized carbons (Fsp3) is 0.583. The molecule has 4 heterocycles. The minimum atomic E-state index is -4.97. The maximum Gasteiger partial charge on any atom is 0.416 e. The van der Waals surface area contributed by atoms with Crippen LogP contribution >= 0.6 is 0 Å². The Bertz CT molecular complexity index is 1120. The maximum absolute atomic E-state index is 13.1. The minimum Gasteiger partial charge on any atom is -0.445 e. The Morgan fingerprint density at radius 3 is 2.16 bits per heavy atom. The van der Waals surface area contributed by atoms with Crippen molar-refractivity contribution in [3.63, 3.8) is 0 Å². The number of likely N-dealkylation sites (tertiary alicyclic amines) is 1. The second kappa shape index (κ2) is 9.41. The molecule has 1 aromatic heterocycles. The van der Waals surface area contributed by atoms with Gasteiger partial charge in [-0.25, -0.2) is 4.79 Å². The van der Waals surface area contributed by atoms with Crippen molar-refractivity contribution >= 4 is 11.9 Å². The zero-order valence-corrected chi connectivity index (χ0v) is 20.1. The Morgan fingerprint density at radius 2 is 1.57 bits per heavy atom. The molecule has 3 aliphatic heterocycles. The van der Waals surface area contributed by atoms with Crippen LogP contribution in [0.15, 0.2) is 24.3 Å². The molecule has 2 atom stereocenters. The highest BCUT2D eigenvalue weighted by Gasteiger charge is 2.40. The van der Waals surface area contributed by atoms with E-state index < -0.39 is 36.2 Å². The number of aromatic nitrogens is 2. The number of anilines is 1. The van der Waals surface area contributed by atoms with Gasteiger partial charge in [0.15, 0.2) is 5.82 Å². The number of ether oxygens (including phenoxy) is 1. The van der Waals surface area contributed by atoms with Crippen LogP contribution in [0.2, 0.25) is 0 Å². The van der Waals surface area contributed by atoms with E-state index in [0.717, 1.165) is 37.7 Å². The van der Waals surface area contributed by atoms with Crippen molar-refractivity contribution < 1.29 is 35.9 Å². The molecule has 2 unspecified atom stereocenters. The van der Waals surface area contributed by atoms with Crippen LogP contribution in [0.5, 0.6) is 0 Å². The third-order valence-electron chi connectivity index (χ3n) is 7.26. The van der Waals surface area contributed by atoms with Gasteiger partial charge in [0.1, 0.15) is 6.61 Å². The van der Waals surface area contributed by atoms with Gasteiger partial charge in [-0.1, -0.05) is 0 Å². The van der Waals surface area contributed by atoms with Gasteiger partial charge in [0.2, 0.25) is 0 Å². The fourth-order valence-electron chi connectivity index (χ4n) is 5.51. The van der Waals surface area contributed by atoms with Crippen molar-refractivity contribution in [2.45, 2.75) is 38.5 Å². The van der Waals surface area contributed by atoms with Gasteiger partial charge in [0.05, 0.1) is 23.4 Å². The number of fused-ring (bicyclic) bond motifs is 2. The van der Waals surface area contributed by atoms with Crippen molar-refractivity contribution in [2.75, 3.05) is 44.7 Å². The molecule has 0 aliphatic carbocycles. The Kier molecular flexibility index (Phi) is 6.53. The summed E-state index contributed by atoms with van der Waals surface area (Å²) in [5, 5.41) is 4.73. The number of carbonyl (C=O) groups is 1. The molecule has 3 aliphatic rings. The van der Waals surface area contributed by atoms with E-state index in [1.807, 2.05) is 10.7 Å². The number of rotatable bonds is 3. The Morgan fingerprint density at radius 1 is 0.946 bits per heavy atom. The zero-order chi connectivity index (χ0) is 26.5. The molecule has 5 rings (SSSR count). The molecule has 2 aromatic rings. The topological polar surface area (TPSA) is 53.8 Å². The maximum atomic E-state index is 13.1. The Hall–Kier alpha value is -2.96. The van der Waals surface area contributed by atoms with Crippen molar-refractivity contribution in [3.8, 4) is 0 Å². The average Bonchev–Trinajstić information content (AvgIpc) is 3.44. The SMILES string of the molecule is CN1CC2CN(c3cc4n(n3)CCCN(C(=O)OCc3cc(C(F)(F)F)cc(C(F)(F)F)c3)C4)CC2C1. The number of nitrogens with zero attached hydrogens (tertiary/aromatic N) is 5. The Labute approximate surface area is 209 Å². The summed E-state index contributed by atoms with van der Waals surface area (Å²) < 4.78 is 85.7. The van der Waals surface area contributed by atoms with Crippen molar-refractivity contribution in [1.29, 1.82) is 0 Å². The first-order valence-electron chi connectivity index (χ1n) is 12.1. The molecule has 2 fully saturated rings. The van der Waals surface area contributed by atoms with Gasteiger partial charge >= 0.3 is 18.4 Å². The molecule has 202 valence electrons. The predicted octanol–water partition coefficient (Wildman–Crippen LogP) is 4.46. The lowest BCUT2D eigenvalue weighted by Gasteiger charge is -2.20. The summed E-state index contributed by atoms with van der Waals surface area (Å²) in [5.41, 5.74) is -2.48. The van der Waals surface area contributed by atoms with Gasteiger partial charge in [-0.15, -0.1) is 0 Å². The highest BCUT2D eigenvalue weighted by Crippen LogP contribution is 2.37. The third-order valence-corrected chi connectivity index (χ3v) is 7.26. The number of alkyl halides is 6. The van der Waals surface area contributed by atoms with Crippen molar-refractivity contribution in [3.05, 3.63) is 46.6 Å². The second-order valence-corrected chi connectivity index (χ2v) is 10.1. The molecule has 2 saturated heterocycles. The predicted molar refractivity (Wildman–Crippen MR) is 121 cm³/mol. The zero-order valence-electron chi connectivity index (χ0n) is 20.1. The van der Waals surface area contributed by atoms with Gasteiger partial charge in [-0.3, -0.25) is 4.68 Å². The van der Waals surface area contributed by atoms with Crippen LogP contribution in [0.4, 0.5) is 37.0 Å². The van der Waals surface area contributed by atoms with Crippen LogP contribution < -0.4 is 4.90 Å². The molecule has 7 nitrogen and oxygen atoms in total. The van der Waals surface area contributed by atoms with Gasteiger partial charge in [0.25, 0.3) is 0 Å². The van der Waals surface area contributed by atoms with Crippen molar-refractivity contribution in [2.24, 2.45) is 11.8 Å². The lowest BCUT2D eigenvalue weighted by Crippen LogP contribution is -2.31. The normalized spacial score (nSPS) is 22.7. The van der Waals surface area contributed by atoms with Gasteiger partial charge < -0.3 is 19.4 Å². The number of carbonyl (C=O) groups excluding carboxylic acids is 1. The number of aryl methyl sites for hydroxylation is 1. The van der Waals surface area contributed by atoms with E-state index in [1.165, 1.54) is 4.90 Å². The van der Waals surface area contributed by atoms with Crippen LogP contribution in [-0.2, 0) is 36.8 Å². The number of hydrogen-bond acceptors (Lipinski definition) is 5. The van der Waals surface area contributed by atoms with E-state index in [1.54, 1.807) is 0 Å². The summed E-state index contributed by atoms with van der Waals surface area (Å²) in [7, 11) is 2.12. The lowest BCUT2D eigenvalue weighted by molar-refractivity contribution is -0.143. The van der Waals surface area contributed by atoms with E-state index in [4.69, 9.17) is 9.84 Å². The molecule has 13 heteroatoms. The molecule has 0 saturated carbocycles. The highest BCUT2D eigenvalue weighted by atomic mass is 19.4. The standard InChI is InChI=1S/C24H27F6N5O2/c1-32-9-16-11-34(12-17(16)10-32)21-8-20-13-33(3-2-4-35(20)31-21)22(36)37-14-15-5-18(23(25,26)27)7-19(6-15)24(28,29)30/h5-8,16-17H,2-4,9-14H2,1H3. The number of benzene rings is 1. The first-order valence-corrected chi connectivity index (χ1v) is 12.1. The first-order chi connectivity index (χ1) is 17.4. The first kappa shape index (κ1) is 25.7. The summed E-state index contributed by atoms with van der Waals surface area (Å²) in [6.45, 7) is 4.36. The van der Waals surface area contributed by atoms with E-state index in [-0.39, 0.29) is 18.2 Å². The van der Waals surface area contributed by atoms with Crippen LogP contribution in [0.3, 0.4) is 0 Å². The summed E-state index contributed by atoms with van der Waals surface area (Å²) in [6.07, 6.45) is -10.2. The van der Waals surface area contributed by atoms with Crippen LogP contribution in [-0.4, -0.2) is 65.4 Å². The quantitative estimate of drug-likeness (QED) is 0.548. The smallest absolute Gasteiger partial charge is 0.416 e. The average molecular weight is 532 g/mol. The minimum absolute atomic E-state index is 0.0463. The second-order valence-electron chi connectivity index (χ2n) is 10.1. The highest BCUT2D eigenvalue weighted by molar-refractivity contribution is 5.67. The summed E-state index contributed by atoms with van der Waals surface area (Å²) in [4.78, 5) is 18.7. The summed E-state index contributed by atoms with van der Waals surface area (Å²) >= 11 is 0. The van der Waals surface area contributed by atoms with Crippen LogP contribution in [0, 0.1) is 11.8 Å². The molecule has 1 aromatic carbocycles. The fourth-order valence-corrected chi connectivity index (χ4v) is 5.51. The lowest BCUT2D eigenvalue weighted by atomic mass is 10.0. The van der Waals surface area contributed by atoms with Crippen molar-refractivity contribution in [1.82, 2.24) is 19.6 Å². The Balaban J connectivity index is 1.25. The largest absolute Gasteiger partial charge is 0.445 e. The van der Waals surface area contributed by atoms with E-state index in [0.29, 0.717) is 43.5 Å². The molecular weight excluding hydrogens is 504 g/mol. The molecule has 0 radical (unpaired) electrons. The van der Waals surface area contributed by atoms with E-state index in [9.17, 15) is 31.1 Å². The van der Waals surface area contributed by atoms with Gasteiger partial charge in [-0.05, 0) is 49.1 Å². The van der Waals surface area contributed by atoms with E-state index in [2.05, 4.69) is 16.8 Å². The summed E-state index contributed by atoms with van der Waals surface area (Å²) in [6, 6.07) is 3.12. The monoisotopic (exact) mass is 531 g/mol. The molecule has 37 heavy (non-hydrogen) atoms. The van der Waals surface area contributed by atoms with Crippen LogP contribution in [0.1, 0.15) is 28.8 Å². The van der Waals surface area contributed by atoms with Gasteiger partial charge in [-0.2, -0.15) is 31.4 Å². The molecule has 0 N–H and O–H groups in total. The van der Waals surface area contributed by atoms with Crippen LogP contribution in [0.25, 0.3) is 0 Å². The molecule has 1 amide bonds. The number of halogens is 6. The molecule has 0 spiro atoms. The van der Waals surface area contributed by atoms with Gasteiger partial charge in [0, 0.05) is 45.3 Å². The number of amides is 1. The molecule has 0 bridgehead atoms. The third kappa shape index (κ3) is 5.51. The molecular formula is C24H27F6N5O2. The van der Waals surface area contributed by atoms with E-state index >= 15 is 0 Å².